The second-order valence-electron chi connectivity index (χ2n) is 9.80. The first kappa shape index (κ1) is 22.6. The van der Waals surface area contributed by atoms with Crippen LogP contribution in [0.2, 0.25) is 0 Å². The predicted octanol–water partition coefficient (Wildman–Crippen LogP) is 2.45. The van der Waals surface area contributed by atoms with Gasteiger partial charge < -0.3 is 9.84 Å². The van der Waals surface area contributed by atoms with Gasteiger partial charge in [0.05, 0.1) is 18.5 Å². The SMILES string of the molecule is O=c1n(-c2ccc(OC3CCCC3)nc2)ccn1C1CCC(N2CCN(CCO)CC2)CC1. The number of hydrogen-bond donors (Lipinski definition) is 1. The van der Waals surface area contributed by atoms with Crippen LogP contribution in [0.4, 0.5) is 0 Å². The van der Waals surface area contributed by atoms with Crippen LogP contribution in [0.5, 0.6) is 5.88 Å². The summed E-state index contributed by atoms with van der Waals surface area (Å²) in [6, 6.07) is 4.69. The topological polar surface area (TPSA) is 75.8 Å². The van der Waals surface area contributed by atoms with E-state index >= 15 is 0 Å². The quantitative estimate of drug-likeness (QED) is 0.691. The van der Waals surface area contributed by atoms with Gasteiger partial charge in [0.25, 0.3) is 0 Å². The second-order valence-corrected chi connectivity index (χ2v) is 9.80. The van der Waals surface area contributed by atoms with Crippen LogP contribution >= 0.6 is 0 Å². The minimum atomic E-state index is 0.0160. The molecular formula is C25H37N5O3. The Labute approximate surface area is 195 Å². The van der Waals surface area contributed by atoms with Crippen molar-refractivity contribution in [3.8, 4) is 11.6 Å². The van der Waals surface area contributed by atoms with Gasteiger partial charge in [-0.2, -0.15) is 0 Å². The minimum absolute atomic E-state index is 0.0160. The number of imidazole rings is 1. The molecule has 0 aromatic carbocycles. The van der Waals surface area contributed by atoms with Crippen LogP contribution in [0.15, 0.2) is 35.5 Å². The van der Waals surface area contributed by atoms with Gasteiger partial charge in [-0.15, -0.1) is 0 Å². The average molecular weight is 456 g/mol. The maximum absolute atomic E-state index is 13.1. The summed E-state index contributed by atoms with van der Waals surface area (Å²) in [5.41, 5.74) is 0.800. The highest BCUT2D eigenvalue weighted by Gasteiger charge is 2.29. The lowest BCUT2D eigenvalue weighted by Gasteiger charge is -2.42. The van der Waals surface area contributed by atoms with Crippen molar-refractivity contribution in [2.24, 2.45) is 0 Å². The maximum atomic E-state index is 13.1. The van der Waals surface area contributed by atoms with Crippen LogP contribution < -0.4 is 10.4 Å². The van der Waals surface area contributed by atoms with E-state index in [1.807, 2.05) is 29.1 Å². The van der Waals surface area contributed by atoms with E-state index in [1.54, 1.807) is 10.8 Å². The van der Waals surface area contributed by atoms with E-state index in [1.165, 1.54) is 12.8 Å². The molecule has 3 heterocycles. The Kier molecular flexibility index (Phi) is 7.13. The van der Waals surface area contributed by atoms with Crippen LogP contribution in [-0.2, 0) is 0 Å². The Bertz CT molecular complexity index is 934. The fourth-order valence-corrected chi connectivity index (χ4v) is 5.82. The molecule has 2 saturated carbocycles. The highest BCUT2D eigenvalue weighted by Crippen LogP contribution is 2.31. The number of piperazine rings is 1. The highest BCUT2D eigenvalue weighted by molar-refractivity contribution is 5.31. The zero-order chi connectivity index (χ0) is 22.6. The Hall–Kier alpha value is -2.16. The number of aromatic nitrogens is 3. The number of hydrogen-bond acceptors (Lipinski definition) is 6. The fraction of sp³-hybridized carbons (Fsp3) is 0.680. The van der Waals surface area contributed by atoms with E-state index in [0.29, 0.717) is 11.9 Å². The monoisotopic (exact) mass is 455 g/mol. The molecule has 180 valence electrons. The van der Waals surface area contributed by atoms with Crippen molar-refractivity contribution < 1.29 is 9.84 Å². The molecule has 2 aliphatic carbocycles. The van der Waals surface area contributed by atoms with E-state index in [4.69, 9.17) is 9.84 Å². The molecule has 33 heavy (non-hydrogen) atoms. The lowest BCUT2D eigenvalue weighted by molar-refractivity contribution is 0.0632. The van der Waals surface area contributed by atoms with Crippen molar-refractivity contribution in [2.75, 3.05) is 39.3 Å². The molecule has 3 fully saturated rings. The fourth-order valence-electron chi connectivity index (χ4n) is 5.82. The molecule has 0 amide bonds. The molecule has 0 atom stereocenters. The molecule has 1 aliphatic heterocycles. The first-order chi connectivity index (χ1) is 16.2. The summed E-state index contributed by atoms with van der Waals surface area (Å²) >= 11 is 0. The maximum Gasteiger partial charge on any atom is 0.333 e. The Balaban J connectivity index is 1.17. The van der Waals surface area contributed by atoms with Crippen molar-refractivity contribution in [3.05, 3.63) is 41.2 Å². The number of nitrogens with zero attached hydrogens (tertiary/aromatic N) is 5. The molecule has 2 aromatic rings. The van der Waals surface area contributed by atoms with Gasteiger partial charge in [0.1, 0.15) is 6.10 Å². The summed E-state index contributed by atoms with van der Waals surface area (Å²) in [6.45, 7) is 5.28. The largest absolute Gasteiger partial charge is 0.474 e. The van der Waals surface area contributed by atoms with Crippen LogP contribution in [0.25, 0.3) is 5.69 Å². The van der Waals surface area contributed by atoms with E-state index in [2.05, 4.69) is 14.8 Å². The van der Waals surface area contributed by atoms with E-state index < -0.39 is 0 Å². The molecule has 8 heteroatoms. The molecule has 5 rings (SSSR count). The number of rotatable bonds is 7. The lowest BCUT2D eigenvalue weighted by atomic mass is 9.89. The Morgan fingerprint density at radius 3 is 2.33 bits per heavy atom. The van der Waals surface area contributed by atoms with Gasteiger partial charge in [-0.3, -0.25) is 18.9 Å². The van der Waals surface area contributed by atoms with Crippen LogP contribution in [0.3, 0.4) is 0 Å². The minimum Gasteiger partial charge on any atom is -0.474 e. The molecule has 1 N–H and O–H groups in total. The highest BCUT2D eigenvalue weighted by atomic mass is 16.5. The van der Waals surface area contributed by atoms with Gasteiger partial charge in [0.2, 0.25) is 5.88 Å². The van der Waals surface area contributed by atoms with Gasteiger partial charge >= 0.3 is 5.69 Å². The van der Waals surface area contributed by atoms with Crippen molar-refractivity contribution in [3.63, 3.8) is 0 Å². The van der Waals surface area contributed by atoms with Crippen molar-refractivity contribution in [1.29, 1.82) is 0 Å². The molecule has 0 radical (unpaired) electrons. The lowest BCUT2D eigenvalue weighted by Crippen LogP contribution is -2.51. The first-order valence-corrected chi connectivity index (χ1v) is 12.7. The molecule has 0 bridgehead atoms. The van der Waals surface area contributed by atoms with E-state index in [9.17, 15) is 4.79 Å². The average Bonchev–Trinajstić information content (AvgIpc) is 3.50. The summed E-state index contributed by atoms with van der Waals surface area (Å²) < 4.78 is 9.56. The van der Waals surface area contributed by atoms with Crippen molar-refractivity contribution >= 4 is 0 Å². The van der Waals surface area contributed by atoms with Gasteiger partial charge in [-0.1, -0.05) is 0 Å². The summed E-state index contributed by atoms with van der Waals surface area (Å²) in [5.74, 6) is 0.647. The Morgan fingerprint density at radius 2 is 1.67 bits per heavy atom. The smallest absolute Gasteiger partial charge is 0.333 e. The summed E-state index contributed by atoms with van der Waals surface area (Å²) in [5, 5.41) is 9.14. The normalized spacial score (nSPS) is 25.5. The third kappa shape index (κ3) is 5.18. The number of aliphatic hydroxyl groups is 1. The standard InChI is InChI=1S/C25H37N5O3/c31-18-17-27-11-13-28(14-12-27)20-5-7-21(8-6-20)29-15-16-30(25(29)32)22-9-10-24(26-19-22)33-23-3-1-2-4-23/h9-10,15-16,19-21,23,31H,1-8,11-14,17-18H2. The van der Waals surface area contributed by atoms with Crippen molar-refractivity contribution in [1.82, 2.24) is 23.9 Å². The molecule has 1 saturated heterocycles. The second kappa shape index (κ2) is 10.4. The summed E-state index contributed by atoms with van der Waals surface area (Å²) in [4.78, 5) is 22.5. The predicted molar refractivity (Wildman–Crippen MR) is 127 cm³/mol. The molecule has 3 aliphatic rings. The zero-order valence-electron chi connectivity index (χ0n) is 19.5. The molecule has 0 spiro atoms. The Morgan fingerprint density at radius 1 is 0.939 bits per heavy atom. The molecule has 8 nitrogen and oxygen atoms in total. The number of ether oxygens (including phenoxy) is 1. The third-order valence-corrected chi connectivity index (χ3v) is 7.79. The number of β-amino-alcohol motifs (C(OH)–C–C–N with tert-alkyl or cyclic N) is 1. The molecule has 0 unspecified atom stereocenters. The first-order valence-electron chi connectivity index (χ1n) is 12.7. The summed E-state index contributed by atoms with van der Waals surface area (Å²) in [6.07, 6.45) is 14.8. The van der Waals surface area contributed by atoms with Gasteiger partial charge in [-0.25, -0.2) is 9.78 Å². The number of pyridine rings is 1. The van der Waals surface area contributed by atoms with Crippen LogP contribution in [0.1, 0.15) is 57.4 Å². The summed E-state index contributed by atoms with van der Waals surface area (Å²) in [7, 11) is 0. The van der Waals surface area contributed by atoms with Crippen LogP contribution in [0, 0.1) is 0 Å². The zero-order valence-corrected chi connectivity index (χ0v) is 19.5. The van der Waals surface area contributed by atoms with Crippen LogP contribution in [-0.4, -0.2) is 80.5 Å². The van der Waals surface area contributed by atoms with Gasteiger partial charge in [-0.05, 0) is 57.4 Å². The van der Waals surface area contributed by atoms with Crippen molar-refractivity contribution in [2.45, 2.75) is 69.6 Å². The van der Waals surface area contributed by atoms with Gasteiger partial charge in [0, 0.05) is 63.3 Å². The third-order valence-electron chi connectivity index (χ3n) is 7.79. The van der Waals surface area contributed by atoms with Gasteiger partial charge in [0.15, 0.2) is 0 Å². The molecular weight excluding hydrogens is 418 g/mol. The number of aliphatic hydroxyl groups excluding tert-OH is 1. The van der Waals surface area contributed by atoms with E-state index in [0.717, 1.165) is 76.9 Å². The molecule has 2 aromatic heterocycles. The van der Waals surface area contributed by atoms with E-state index in [-0.39, 0.29) is 24.4 Å².